The second-order valence-corrected chi connectivity index (χ2v) is 14.4. The highest BCUT2D eigenvalue weighted by molar-refractivity contribution is 5.69. The topological polar surface area (TPSA) is 133 Å². The van der Waals surface area contributed by atoms with Crippen LogP contribution in [-0.2, 0) is 28.6 Å². The lowest BCUT2D eigenvalue weighted by Crippen LogP contribution is -2.58. The lowest BCUT2D eigenvalue weighted by atomic mass is 9.44. The molecule has 1 aromatic rings. The highest BCUT2D eigenvalue weighted by Gasteiger charge is 2.84. The largest absolute Gasteiger partial charge is 0.481 e. The molecule has 0 aromatic carbocycles. The number of aliphatic carboxylic acids is 1. The minimum absolute atomic E-state index is 0.0389. The Bertz CT molecular complexity index is 1280. The van der Waals surface area contributed by atoms with E-state index in [2.05, 4.69) is 13.8 Å². The fourth-order valence-corrected chi connectivity index (χ4v) is 10.3. The van der Waals surface area contributed by atoms with E-state index in [-0.39, 0.29) is 52.9 Å². The second-order valence-electron chi connectivity index (χ2n) is 14.4. The van der Waals surface area contributed by atoms with Crippen molar-refractivity contribution >= 4 is 17.9 Å². The van der Waals surface area contributed by atoms with Crippen molar-refractivity contribution in [3.8, 4) is 0 Å². The van der Waals surface area contributed by atoms with Gasteiger partial charge < -0.3 is 23.7 Å². The Morgan fingerprint density at radius 3 is 2.42 bits per heavy atom. The lowest BCUT2D eigenvalue weighted by Gasteiger charge is -2.61. The molecule has 1 aromatic heterocycles. The molecule has 236 valence electrons. The number of hydrogen-bond acceptors (Lipinski definition) is 8. The van der Waals surface area contributed by atoms with Crippen LogP contribution in [0.1, 0.15) is 116 Å². The van der Waals surface area contributed by atoms with Crippen LogP contribution in [0.2, 0.25) is 0 Å². The molecule has 9 heteroatoms. The maximum Gasteiger partial charge on any atom is 0.335 e. The van der Waals surface area contributed by atoms with Gasteiger partial charge in [-0.2, -0.15) is 0 Å². The van der Waals surface area contributed by atoms with Crippen molar-refractivity contribution in [3.63, 3.8) is 0 Å². The summed E-state index contributed by atoms with van der Waals surface area (Å²) in [7, 11) is 0. The first-order valence-corrected chi connectivity index (χ1v) is 16.3. The van der Waals surface area contributed by atoms with E-state index in [9.17, 15) is 19.2 Å². The Balaban J connectivity index is 1.12. The normalized spacial score (nSPS) is 40.8. The summed E-state index contributed by atoms with van der Waals surface area (Å²) in [6.45, 7) is 6.19. The predicted molar refractivity (Wildman–Crippen MR) is 155 cm³/mol. The van der Waals surface area contributed by atoms with Crippen molar-refractivity contribution in [2.24, 2.45) is 28.6 Å². The van der Waals surface area contributed by atoms with Gasteiger partial charge in [-0.15, -0.1) is 0 Å². The fourth-order valence-electron chi connectivity index (χ4n) is 10.3. The monoisotopic (exact) mass is 598 g/mol. The SMILES string of the molecule is CC(=O)O[C@@H]1[C@@H]2O[C@]23[C@@H]2CC[C@@H]4C[C@@H](OC(=O)CCCCCCC(=O)O)CC[C@]4(C)C2CC[C@]3(C)[C@H]1c1ccc(=O)oc1. The van der Waals surface area contributed by atoms with Gasteiger partial charge in [0.15, 0.2) is 0 Å². The minimum Gasteiger partial charge on any atom is -0.481 e. The first-order valence-electron chi connectivity index (χ1n) is 16.3. The summed E-state index contributed by atoms with van der Waals surface area (Å²) in [6, 6.07) is 3.27. The molecule has 0 amide bonds. The molecule has 2 heterocycles. The van der Waals surface area contributed by atoms with Crippen LogP contribution in [0.5, 0.6) is 0 Å². The van der Waals surface area contributed by atoms with Crippen LogP contribution in [-0.4, -0.2) is 46.9 Å². The summed E-state index contributed by atoms with van der Waals surface area (Å²) in [5.41, 5.74) is 0.0266. The minimum atomic E-state index is -0.772. The molecule has 1 aliphatic heterocycles. The highest BCUT2D eigenvalue weighted by atomic mass is 16.7. The van der Waals surface area contributed by atoms with Gasteiger partial charge >= 0.3 is 23.5 Å². The number of carboxylic acids is 1. The lowest BCUT2D eigenvalue weighted by molar-refractivity contribution is -0.168. The smallest absolute Gasteiger partial charge is 0.335 e. The van der Waals surface area contributed by atoms with Gasteiger partial charge in [0.05, 0.1) is 6.26 Å². The first-order chi connectivity index (χ1) is 20.5. The van der Waals surface area contributed by atoms with E-state index in [1.54, 1.807) is 6.26 Å². The standard InChI is InChI=1S/C34H46O9/c1-20(35)41-30-29(21-10-13-27(38)40-19-21)33(3)17-15-24-25(34(33)31(30)43-34)12-11-22-18-23(14-16-32(22,24)2)42-28(39)9-7-5-4-6-8-26(36)37/h10,13,19,22-25,29-31H,4-9,11-12,14-18H2,1-3H3,(H,36,37)/t22-,23+,24?,25-,29+,30+,31+,32+,33-,34-/m1/s1. The van der Waals surface area contributed by atoms with E-state index in [1.165, 1.54) is 13.0 Å². The molecule has 43 heavy (non-hydrogen) atoms. The Morgan fingerprint density at radius 1 is 0.953 bits per heavy atom. The number of fused-ring (bicyclic) bond motifs is 3. The zero-order valence-corrected chi connectivity index (χ0v) is 25.7. The Morgan fingerprint density at radius 2 is 1.72 bits per heavy atom. The van der Waals surface area contributed by atoms with Crippen LogP contribution in [0, 0.1) is 28.6 Å². The molecule has 1 spiro atoms. The quantitative estimate of drug-likeness (QED) is 0.202. The van der Waals surface area contributed by atoms with Crippen molar-refractivity contribution in [1.82, 2.24) is 0 Å². The molecular weight excluding hydrogens is 552 g/mol. The van der Waals surface area contributed by atoms with Crippen molar-refractivity contribution in [2.45, 2.75) is 134 Å². The zero-order chi connectivity index (χ0) is 30.6. The molecule has 6 rings (SSSR count). The fraction of sp³-hybridized carbons (Fsp3) is 0.765. The number of rotatable bonds is 10. The summed E-state index contributed by atoms with van der Waals surface area (Å²) in [4.78, 5) is 47.3. The van der Waals surface area contributed by atoms with Crippen LogP contribution < -0.4 is 5.63 Å². The summed E-state index contributed by atoms with van der Waals surface area (Å²) in [5.74, 6) is 0.00291. The van der Waals surface area contributed by atoms with Crippen LogP contribution in [0.3, 0.4) is 0 Å². The van der Waals surface area contributed by atoms with Crippen LogP contribution in [0.15, 0.2) is 27.6 Å². The number of carbonyl (C=O) groups excluding carboxylic acids is 2. The Hall–Kier alpha value is -2.68. The van der Waals surface area contributed by atoms with E-state index < -0.39 is 17.7 Å². The highest BCUT2D eigenvalue weighted by Crippen LogP contribution is 2.78. The van der Waals surface area contributed by atoms with Crippen molar-refractivity contribution < 1.29 is 38.1 Å². The van der Waals surface area contributed by atoms with Crippen molar-refractivity contribution in [3.05, 3.63) is 34.4 Å². The molecule has 1 saturated heterocycles. The van der Waals surface area contributed by atoms with E-state index in [0.29, 0.717) is 30.6 Å². The number of carboxylic acid groups (broad SMARTS) is 1. The summed E-state index contributed by atoms with van der Waals surface area (Å²) in [5, 5.41) is 8.76. The van der Waals surface area contributed by atoms with Gasteiger partial charge in [0.25, 0.3) is 0 Å². The van der Waals surface area contributed by atoms with E-state index in [0.717, 1.165) is 69.8 Å². The maximum atomic E-state index is 12.6. The summed E-state index contributed by atoms with van der Waals surface area (Å²) >= 11 is 0. The second kappa shape index (κ2) is 11.4. The molecule has 4 saturated carbocycles. The number of unbranched alkanes of at least 4 members (excludes halogenated alkanes) is 3. The third kappa shape index (κ3) is 5.13. The van der Waals surface area contributed by atoms with Crippen LogP contribution in [0.4, 0.5) is 0 Å². The summed E-state index contributed by atoms with van der Waals surface area (Å²) < 4.78 is 23.9. The van der Waals surface area contributed by atoms with Crippen LogP contribution >= 0.6 is 0 Å². The van der Waals surface area contributed by atoms with Gasteiger partial charge in [0.1, 0.15) is 23.9 Å². The van der Waals surface area contributed by atoms with Gasteiger partial charge in [0.2, 0.25) is 0 Å². The number of epoxide rings is 1. The molecule has 0 radical (unpaired) electrons. The maximum absolute atomic E-state index is 12.6. The van der Waals surface area contributed by atoms with Crippen LogP contribution in [0.25, 0.3) is 0 Å². The van der Waals surface area contributed by atoms with Gasteiger partial charge in [-0.3, -0.25) is 14.4 Å². The van der Waals surface area contributed by atoms with Gasteiger partial charge in [-0.05, 0) is 92.6 Å². The average molecular weight is 599 g/mol. The number of carbonyl (C=O) groups is 3. The molecule has 1 unspecified atom stereocenters. The number of esters is 2. The molecule has 5 fully saturated rings. The third-order valence-electron chi connectivity index (χ3n) is 12.3. The molecule has 4 aliphatic carbocycles. The number of ether oxygens (including phenoxy) is 3. The molecule has 10 atom stereocenters. The van der Waals surface area contributed by atoms with E-state index in [4.69, 9.17) is 23.7 Å². The molecule has 5 aliphatic rings. The third-order valence-corrected chi connectivity index (χ3v) is 12.3. The van der Waals surface area contributed by atoms with Crippen molar-refractivity contribution in [2.75, 3.05) is 0 Å². The Kier molecular flexibility index (Phi) is 8.01. The van der Waals surface area contributed by atoms with Crippen molar-refractivity contribution in [1.29, 1.82) is 0 Å². The van der Waals surface area contributed by atoms with Gasteiger partial charge in [0, 0.05) is 37.2 Å². The zero-order valence-electron chi connectivity index (χ0n) is 25.7. The van der Waals surface area contributed by atoms with E-state index >= 15 is 0 Å². The molecular formula is C34H46O9. The summed E-state index contributed by atoms with van der Waals surface area (Å²) in [6.07, 6.45) is 11.5. The van der Waals surface area contributed by atoms with E-state index in [1.807, 2.05) is 6.07 Å². The molecule has 0 bridgehead atoms. The molecule has 9 nitrogen and oxygen atoms in total. The molecule has 1 N–H and O–H groups in total. The number of hydrogen-bond donors (Lipinski definition) is 1. The Labute approximate surface area is 253 Å². The van der Waals surface area contributed by atoms with Gasteiger partial charge in [-0.25, -0.2) is 4.79 Å². The average Bonchev–Trinajstić information content (AvgIpc) is 3.66. The van der Waals surface area contributed by atoms with Gasteiger partial charge in [-0.1, -0.05) is 26.7 Å². The first kappa shape index (κ1) is 30.4. The predicted octanol–water partition coefficient (Wildman–Crippen LogP) is 5.78.